The number of aryl methyl sites for hydroxylation is 1. The first-order chi connectivity index (χ1) is 6.15. The predicted octanol–water partition coefficient (Wildman–Crippen LogP) is 3.20. The zero-order valence-corrected chi connectivity index (χ0v) is 9.13. The van der Waals surface area contributed by atoms with E-state index in [0.29, 0.717) is 4.47 Å². The summed E-state index contributed by atoms with van der Waals surface area (Å²) in [6, 6.07) is 3.13. The van der Waals surface area contributed by atoms with Crippen molar-refractivity contribution in [3.8, 4) is 11.5 Å². The molecule has 0 spiro atoms. The summed E-state index contributed by atoms with van der Waals surface area (Å²) in [7, 11) is 0. The van der Waals surface area contributed by atoms with Crippen LogP contribution in [0.4, 0.5) is 0 Å². The van der Waals surface area contributed by atoms with Crippen molar-refractivity contribution in [2.45, 2.75) is 26.2 Å². The van der Waals surface area contributed by atoms with Gasteiger partial charge in [-0.25, -0.2) is 0 Å². The fourth-order valence-corrected chi connectivity index (χ4v) is 1.55. The number of rotatable bonds is 3. The highest BCUT2D eigenvalue weighted by molar-refractivity contribution is 9.10. The third kappa shape index (κ3) is 2.62. The molecule has 0 atom stereocenters. The second-order valence-corrected chi connectivity index (χ2v) is 3.89. The van der Waals surface area contributed by atoms with E-state index in [1.807, 2.05) is 0 Å². The standard InChI is InChI=1S/C10H13BrO2/c1-2-3-4-7-5-8(11)10(13)6-9(7)12/h5-6,12-13H,2-4H2,1H3. The van der Waals surface area contributed by atoms with Crippen LogP contribution < -0.4 is 0 Å². The Kier molecular flexibility index (Phi) is 3.60. The molecule has 0 saturated carbocycles. The molecule has 0 aliphatic heterocycles. The van der Waals surface area contributed by atoms with Crippen LogP contribution in [-0.2, 0) is 6.42 Å². The van der Waals surface area contributed by atoms with Crippen LogP contribution in [-0.4, -0.2) is 10.2 Å². The van der Waals surface area contributed by atoms with Crippen molar-refractivity contribution in [2.75, 3.05) is 0 Å². The predicted molar refractivity (Wildman–Crippen MR) is 56.1 cm³/mol. The van der Waals surface area contributed by atoms with E-state index in [0.717, 1.165) is 24.8 Å². The SMILES string of the molecule is CCCCc1cc(Br)c(O)cc1O. The minimum absolute atomic E-state index is 0.0812. The number of benzene rings is 1. The van der Waals surface area contributed by atoms with Crippen molar-refractivity contribution < 1.29 is 10.2 Å². The number of halogens is 1. The van der Waals surface area contributed by atoms with Gasteiger partial charge in [0.05, 0.1) is 4.47 Å². The number of hydrogen-bond donors (Lipinski definition) is 2. The lowest BCUT2D eigenvalue weighted by molar-refractivity contribution is 0.443. The summed E-state index contributed by atoms with van der Waals surface area (Å²) < 4.78 is 0.636. The fourth-order valence-electron chi connectivity index (χ4n) is 1.16. The monoisotopic (exact) mass is 244 g/mol. The average molecular weight is 245 g/mol. The highest BCUT2D eigenvalue weighted by Gasteiger charge is 2.05. The second-order valence-electron chi connectivity index (χ2n) is 3.04. The molecule has 0 aromatic heterocycles. The van der Waals surface area contributed by atoms with Gasteiger partial charge in [0.25, 0.3) is 0 Å². The molecule has 0 unspecified atom stereocenters. The van der Waals surface area contributed by atoms with E-state index in [1.54, 1.807) is 6.07 Å². The first kappa shape index (κ1) is 10.4. The van der Waals surface area contributed by atoms with Crippen LogP contribution in [0.25, 0.3) is 0 Å². The van der Waals surface area contributed by atoms with Gasteiger partial charge in [0, 0.05) is 6.07 Å². The van der Waals surface area contributed by atoms with E-state index in [-0.39, 0.29) is 11.5 Å². The Bertz CT molecular complexity index is 297. The summed E-state index contributed by atoms with van der Waals surface area (Å²) in [5.74, 6) is 0.256. The third-order valence-corrected chi connectivity index (χ3v) is 2.58. The maximum Gasteiger partial charge on any atom is 0.133 e. The Morgan fingerprint density at radius 2 is 1.92 bits per heavy atom. The molecule has 13 heavy (non-hydrogen) atoms. The van der Waals surface area contributed by atoms with Gasteiger partial charge in [-0.05, 0) is 40.4 Å². The molecule has 0 bridgehead atoms. The lowest BCUT2D eigenvalue weighted by Gasteiger charge is -2.05. The van der Waals surface area contributed by atoms with E-state index < -0.39 is 0 Å². The molecule has 1 rings (SSSR count). The van der Waals surface area contributed by atoms with Gasteiger partial charge >= 0.3 is 0 Å². The maximum atomic E-state index is 9.46. The molecule has 0 radical (unpaired) electrons. The van der Waals surface area contributed by atoms with Crippen LogP contribution in [0.3, 0.4) is 0 Å². The Labute approximate surface area is 86.3 Å². The number of aromatic hydroxyl groups is 2. The summed E-state index contributed by atoms with van der Waals surface area (Å²) in [4.78, 5) is 0. The molecule has 0 heterocycles. The van der Waals surface area contributed by atoms with Crippen molar-refractivity contribution in [3.05, 3.63) is 22.2 Å². The van der Waals surface area contributed by atoms with Crippen LogP contribution in [0.1, 0.15) is 25.3 Å². The van der Waals surface area contributed by atoms with Gasteiger partial charge in [0.1, 0.15) is 11.5 Å². The molecule has 3 heteroatoms. The summed E-state index contributed by atoms with van der Waals surface area (Å²) >= 11 is 3.21. The van der Waals surface area contributed by atoms with Crippen molar-refractivity contribution in [1.82, 2.24) is 0 Å². The molecule has 1 aromatic carbocycles. The molecule has 1 aromatic rings. The van der Waals surface area contributed by atoms with Crippen LogP contribution in [0.15, 0.2) is 16.6 Å². The molecule has 72 valence electrons. The first-order valence-corrected chi connectivity index (χ1v) is 5.14. The van der Waals surface area contributed by atoms with Gasteiger partial charge in [-0.1, -0.05) is 13.3 Å². The second kappa shape index (κ2) is 4.51. The quantitative estimate of drug-likeness (QED) is 0.858. The first-order valence-electron chi connectivity index (χ1n) is 4.35. The van der Waals surface area contributed by atoms with E-state index in [2.05, 4.69) is 22.9 Å². The van der Waals surface area contributed by atoms with Crippen molar-refractivity contribution >= 4 is 15.9 Å². The molecule has 0 amide bonds. The van der Waals surface area contributed by atoms with Crippen LogP contribution >= 0.6 is 15.9 Å². The van der Waals surface area contributed by atoms with Gasteiger partial charge in [-0.2, -0.15) is 0 Å². The molecular weight excluding hydrogens is 232 g/mol. The van der Waals surface area contributed by atoms with E-state index >= 15 is 0 Å². The zero-order chi connectivity index (χ0) is 9.84. The number of hydrogen-bond acceptors (Lipinski definition) is 2. The summed E-state index contributed by atoms with van der Waals surface area (Å²) in [5.41, 5.74) is 0.881. The third-order valence-electron chi connectivity index (χ3n) is 1.95. The number of phenols is 2. The zero-order valence-electron chi connectivity index (χ0n) is 7.55. The number of phenolic OH excluding ortho intramolecular Hbond substituents is 2. The van der Waals surface area contributed by atoms with Crippen molar-refractivity contribution in [2.24, 2.45) is 0 Å². The van der Waals surface area contributed by atoms with Gasteiger partial charge in [-0.15, -0.1) is 0 Å². The highest BCUT2D eigenvalue weighted by atomic mass is 79.9. The molecule has 0 saturated heterocycles. The van der Waals surface area contributed by atoms with E-state index in [4.69, 9.17) is 0 Å². The summed E-state index contributed by atoms with van der Waals surface area (Å²) in [5, 5.41) is 18.7. The normalized spacial score (nSPS) is 10.3. The molecule has 0 aliphatic carbocycles. The Morgan fingerprint density at radius 3 is 2.54 bits per heavy atom. The van der Waals surface area contributed by atoms with Gasteiger partial charge in [0.15, 0.2) is 0 Å². The molecule has 0 fully saturated rings. The lowest BCUT2D eigenvalue weighted by atomic mass is 10.1. The van der Waals surface area contributed by atoms with Gasteiger partial charge < -0.3 is 10.2 Å². The van der Waals surface area contributed by atoms with Crippen molar-refractivity contribution in [1.29, 1.82) is 0 Å². The maximum absolute atomic E-state index is 9.46. The van der Waals surface area contributed by atoms with Crippen LogP contribution in [0, 0.1) is 0 Å². The Morgan fingerprint density at radius 1 is 1.23 bits per heavy atom. The lowest BCUT2D eigenvalue weighted by Crippen LogP contribution is -1.86. The molecule has 0 aliphatic rings. The van der Waals surface area contributed by atoms with Gasteiger partial charge in [0.2, 0.25) is 0 Å². The topological polar surface area (TPSA) is 40.5 Å². The summed E-state index contributed by atoms with van der Waals surface area (Å²) in [6.45, 7) is 2.10. The molecule has 2 nitrogen and oxygen atoms in total. The van der Waals surface area contributed by atoms with Crippen LogP contribution in [0.5, 0.6) is 11.5 Å². The highest BCUT2D eigenvalue weighted by Crippen LogP contribution is 2.31. The van der Waals surface area contributed by atoms with E-state index in [1.165, 1.54) is 6.07 Å². The van der Waals surface area contributed by atoms with Crippen molar-refractivity contribution in [3.63, 3.8) is 0 Å². The minimum atomic E-state index is 0.0812. The Hall–Kier alpha value is -0.700. The average Bonchev–Trinajstić information content (AvgIpc) is 2.09. The molecular formula is C10H13BrO2. The molecule has 2 N–H and O–H groups in total. The number of unbranched alkanes of at least 4 members (excludes halogenated alkanes) is 1. The minimum Gasteiger partial charge on any atom is -0.508 e. The fraction of sp³-hybridized carbons (Fsp3) is 0.400. The van der Waals surface area contributed by atoms with Gasteiger partial charge in [-0.3, -0.25) is 0 Å². The smallest absolute Gasteiger partial charge is 0.133 e. The van der Waals surface area contributed by atoms with E-state index in [9.17, 15) is 10.2 Å². The Balaban J connectivity index is 2.88. The largest absolute Gasteiger partial charge is 0.508 e. The summed E-state index contributed by atoms with van der Waals surface area (Å²) in [6.07, 6.45) is 2.99. The van der Waals surface area contributed by atoms with Crippen LogP contribution in [0.2, 0.25) is 0 Å².